The fourth-order valence-corrected chi connectivity index (χ4v) is 2.34. The van der Waals surface area contributed by atoms with Crippen molar-refractivity contribution in [1.82, 2.24) is 15.2 Å². The number of hydrogen-bond donors (Lipinski definition) is 1. The van der Waals surface area contributed by atoms with Gasteiger partial charge in [-0.15, -0.1) is 5.10 Å². The number of pyridine rings is 1. The Kier molecular flexibility index (Phi) is 3.16. The molecule has 0 aliphatic rings. The SMILES string of the molecule is N#Cc1ncccc1S(=O)(=O)Nc1cccnn1. The first-order chi connectivity index (χ1) is 8.63. The maximum atomic E-state index is 12.0. The molecule has 0 aliphatic carbocycles. The van der Waals surface area contributed by atoms with Gasteiger partial charge in [-0.3, -0.25) is 4.72 Å². The molecule has 0 atom stereocenters. The first-order valence-electron chi connectivity index (χ1n) is 4.79. The van der Waals surface area contributed by atoms with Crippen LogP contribution in [0.1, 0.15) is 5.69 Å². The second kappa shape index (κ2) is 4.77. The van der Waals surface area contributed by atoms with E-state index in [1.54, 1.807) is 12.1 Å². The minimum Gasteiger partial charge on any atom is -0.262 e. The molecule has 2 heterocycles. The van der Waals surface area contributed by atoms with Gasteiger partial charge in [0.1, 0.15) is 11.0 Å². The molecule has 0 amide bonds. The number of nitriles is 1. The third-order valence-electron chi connectivity index (χ3n) is 1.98. The zero-order valence-corrected chi connectivity index (χ0v) is 9.79. The summed E-state index contributed by atoms with van der Waals surface area (Å²) in [5, 5.41) is 16.0. The van der Waals surface area contributed by atoms with E-state index >= 15 is 0 Å². The van der Waals surface area contributed by atoms with Crippen molar-refractivity contribution in [2.75, 3.05) is 4.72 Å². The van der Waals surface area contributed by atoms with Crippen LogP contribution in [0, 0.1) is 11.3 Å². The van der Waals surface area contributed by atoms with Gasteiger partial charge in [-0.2, -0.15) is 10.4 Å². The predicted molar refractivity (Wildman–Crippen MR) is 61.8 cm³/mol. The summed E-state index contributed by atoms with van der Waals surface area (Å²) in [6, 6.07) is 7.45. The van der Waals surface area contributed by atoms with Crippen molar-refractivity contribution in [2.45, 2.75) is 4.90 Å². The number of hydrogen-bond acceptors (Lipinski definition) is 6. The molecule has 2 rings (SSSR count). The lowest BCUT2D eigenvalue weighted by molar-refractivity contribution is 0.600. The van der Waals surface area contributed by atoms with E-state index in [4.69, 9.17) is 5.26 Å². The van der Waals surface area contributed by atoms with Crippen LogP contribution in [0.15, 0.2) is 41.6 Å². The van der Waals surface area contributed by atoms with E-state index in [1.165, 1.54) is 30.6 Å². The molecule has 18 heavy (non-hydrogen) atoms. The number of aromatic nitrogens is 3. The maximum absolute atomic E-state index is 12.0. The van der Waals surface area contributed by atoms with Crippen LogP contribution in [0.4, 0.5) is 5.82 Å². The molecular formula is C10H7N5O2S. The predicted octanol–water partition coefficient (Wildman–Crippen LogP) is 0.544. The molecule has 90 valence electrons. The monoisotopic (exact) mass is 261 g/mol. The molecule has 0 fully saturated rings. The molecule has 0 saturated carbocycles. The van der Waals surface area contributed by atoms with Gasteiger partial charge in [0, 0.05) is 12.4 Å². The van der Waals surface area contributed by atoms with E-state index in [1.807, 2.05) is 0 Å². The molecule has 0 aliphatic heterocycles. The highest BCUT2D eigenvalue weighted by atomic mass is 32.2. The summed E-state index contributed by atoms with van der Waals surface area (Å²) in [4.78, 5) is 3.49. The highest BCUT2D eigenvalue weighted by Gasteiger charge is 2.19. The lowest BCUT2D eigenvalue weighted by Crippen LogP contribution is -2.16. The molecule has 1 N–H and O–H groups in total. The second-order valence-electron chi connectivity index (χ2n) is 3.18. The average Bonchev–Trinajstić information content (AvgIpc) is 2.39. The van der Waals surface area contributed by atoms with Crippen LogP contribution in [-0.4, -0.2) is 23.6 Å². The van der Waals surface area contributed by atoms with Crippen LogP contribution < -0.4 is 4.72 Å². The van der Waals surface area contributed by atoms with Crippen LogP contribution >= 0.6 is 0 Å². The standard InChI is InChI=1S/C10H7N5O2S/c11-7-8-9(3-1-5-12-8)18(16,17)15-10-4-2-6-13-14-10/h1-6H,(H,14,15). The first kappa shape index (κ1) is 11.9. The van der Waals surface area contributed by atoms with Gasteiger partial charge in [0.2, 0.25) is 0 Å². The molecule has 7 nitrogen and oxygen atoms in total. The summed E-state index contributed by atoms with van der Waals surface area (Å²) in [6.07, 6.45) is 2.77. The van der Waals surface area contributed by atoms with Gasteiger partial charge in [0.25, 0.3) is 10.0 Å². The van der Waals surface area contributed by atoms with Crippen molar-refractivity contribution in [3.05, 3.63) is 42.4 Å². The van der Waals surface area contributed by atoms with Crippen LogP contribution in [-0.2, 0) is 10.0 Å². The van der Waals surface area contributed by atoms with Crippen LogP contribution in [0.3, 0.4) is 0 Å². The van der Waals surface area contributed by atoms with Gasteiger partial charge in [-0.05, 0) is 24.3 Å². The fourth-order valence-electron chi connectivity index (χ4n) is 1.24. The topological polar surface area (TPSA) is 109 Å². The Balaban J connectivity index is 2.41. The second-order valence-corrected chi connectivity index (χ2v) is 4.83. The lowest BCUT2D eigenvalue weighted by Gasteiger charge is -2.06. The summed E-state index contributed by atoms with van der Waals surface area (Å²) in [6.45, 7) is 0. The van der Waals surface area contributed by atoms with Crippen molar-refractivity contribution in [3.8, 4) is 6.07 Å². The van der Waals surface area contributed by atoms with Crippen molar-refractivity contribution in [1.29, 1.82) is 5.26 Å². The Morgan fingerprint density at radius 2 is 2.00 bits per heavy atom. The zero-order valence-electron chi connectivity index (χ0n) is 8.98. The van der Waals surface area contributed by atoms with Crippen LogP contribution in [0.2, 0.25) is 0 Å². The van der Waals surface area contributed by atoms with Crippen molar-refractivity contribution >= 4 is 15.8 Å². The molecule has 0 aromatic carbocycles. The highest BCUT2D eigenvalue weighted by molar-refractivity contribution is 7.92. The van der Waals surface area contributed by atoms with Gasteiger partial charge in [0.05, 0.1) is 0 Å². The summed E-state index contributed by atoms with van der Waals surface area (Å²) >= 11 is 0. The highest BCUT2D eigenvalue weighted by Crippen LogP contribution is 2.15. The number of rotatable bonds is 3. The van der Waals surface area contributed by atoms with E-state index in [9.17, 15) is 8.42 Å². The largest absolute Gasteiger partial charge is 0.265 e. The number of nitrogens with zero attached hydrogens (tertiary/aromatic N) is 4. The fraction of sp³-hybridized carbons (Fsp3) is 0. The molecule has 0 radical (unpaired) electrons. The molecule has 8 heteroatoms. The van der Waals surface area contributed by atoms with Gasteiger partial charge in [-0.1, -0.05) is 0 Å². The Morgan fingerprint density at radius 1 is 1.22 bits per heavy atom. The first-order valence-corrected chi connectivity index (χ1v) is 6.27. The number of anilines is 1. The van der Waals surface area contributed by atoms with Crippen molar-refractivity contribution < 1.29 is 8.42 Å². The van der Waals surface area contributed by atoms with E-state index in [0.29, 0.717) is 0 Å². The average molecular weight is 261 g/mol. The molecule has 2 aromatic heterocycles. The summed E-state index contributed by atoms with van der Waals surface area (Å²) in [7, 11) is -3.89. The molecule has 0 spiro atoms. The molecule has 0 unspecified atom stereocenters. The Bertz CT molecular complexity index is 694. The normalized spacial score (nSPS) is 10.6. The Labute approximate surface area is 103 Å². The lowest BCUT2D eigenvalue weighted by atomic mass is 10.4. The maximum Gasteiger partial charge on any atom is 0.265 e. The van der Waals surface area contributed by atoms with Gasteiger partial charge >= 0.3 is 0 Å². The summed E-state index contributed by atoms with van der Waals surface area (Å²) in [5.41, 5.74) is -0.172. The number of nitrogens with one attached hydrogen (secondary N) is 1. The van der Waals surface area contributed by atoms with Crippen LogP contribution in [0.25, 0.3) is 0 Å². The zero-order chi connectivity index (χ0) is 13.0. The number of sulfonamides is 1. The molecular weight excluding hydrogens is 254 g/mol. The third kappa shape index (κ3) is 2.41. The van der Waals surface area contributed by atoms with E-state index < -0.39 is 10.0 Å². The summed E-state index contributed by atoms with van der Waals surface area (Å²) in [5.74, 6) is 0.0743. The van der Waals surface area contributed by atoms with Gasteiger partial charge < -0.3 is 0 Å². The smallest absolute Gasteiger partial charge is 0.262 e. The Morgan fingerprint density at radius 3 is 2.67 bits per heavy atom. The minimum absolute atomic E-state index is 0.0743. The molecule has 0 saturated heterocycles. The van der Waals surface area contributed by atoms with Gasteiger partial charge in [0.15, 0.2) is 11.5 Å². The molecule has 2 aromatic rings. The minimum atomic E-state index is -3.89. The Hall–Kier alpha value is -2.53. The molecule has 0 bridgehead atoms. The van der Waals surface area contributed by atoms with E-state index in [-0.39, 0.29) is 16.4 Å². The van der Waals surface area contributed by atoms with Gasteiger partial charge in [-0.25, -0.2) is 13.4 Å². The summed E-state index contributed by atoms with van der Waals surface area (Å²) < 4.78 is 26.2. The van der Waals surface area contributed by atoms with Crippen molar-refractivity contribution in [3.63, 3.8) is 0 Å². The quantitative estimate of drug-likeness (QED) is 0.863. The van der Waals surface area contributed by atoms with E-state index in [2.05, 4.69) is 19.9 Å². The van der Waals surface area contributed by atoms with E-state index in [0.717, 1.165) is 0 Å². The van der Waals surface area contributed by atoms with Crippen molar-refractivity contribution in [2.24, 2.45) is 0 Å². The third-order valence-corrected chi connectivity index (χ3v) is 3.36. The van der Waals surface area contributed by atoms with Crippen LogP contribution in [0.5, 0.6) is 0 Å².